The van der Waals surface area contributed by atoms with Gasteiger partial charge in [0.2, 0.25) is 0 Å². The van der Waals surface area contributed by atoms with Crippen LogP contribution in [0.15, 0.2) is 24.3 Å². The molecule has 0 amide bonds. The van der Waals surface area contributed by atoms with Crippen molar-refractivity contribution in [3.63, 3.8) is 0 Å². The lowest BCUT2D eigenvalue weighted by molar-refractivity contribution is 0.347. The molecule has 0 bridgehead atoms. The lowest BCUT2D eigenvalue weighted by Crippen LogP contribution is -2.27. The van der Waals surface area contributed by atoms with E-state index in [1.54, 1.807) is 0 Å². The summed E-state index contributed by atoms with van der Waals surface area (Å²) in [6, 6.07) is 7.99. The maximum absolute atomic E-state index is 10.8. The average molecular weight is 421 g/mol. The highest BCUT2D eigenvalue weighted by Gasteiger charge is 2.58. The van der Waals surface area contributed by atoms with Gasteiger partial charge < -0.3 is 10.2 Å². The molecule has 0 aromatic heterocycles. The van der Waals surface area contributed by atoms with Crippen LogP contribution >= 0.6 is 0 Å². The molecule has 2 N–H and O–H groups in total. The van der Waals surface area contributed by atoms with Gasteiger partial charge in [0.1, 0.15) is 11.5 Å². The van der Waals surface area contributed by atoms with E-state index in [0.717, 1.165) is 12.8 Å². The number of hydrogen-bond acceptors (Lipinski definition) is 2. The predicted octanol–water partition coefficient (Wildman–Crippen LogP) is 7.34. The lowest BCUT2D eigenvalue weighted by atomic mass is 9.72. The summed E-state index contributed by atoms with van der Waals surface area (Å²) in [5.41, 5.74) is 7.45. The Hall–Kier alpha value is -1.96. The van der Waals surface area contributed by atoms with Gasteiger partial charge in [0, 0.05) is 5.41 Å². The Kier molecular flexibility index (Phi) is 4.37. The van der Waals surface area contributed by atoms with E-state index in [1.165, 1.54) is 33.4 Å². The van der Waals surface area contributed by atoms with E-state index >= 15 is 0 Å². The molecule has 0 fully saturated rings. The standard InChI is InChI=1S/C29H40O2/c1-25(2,3)19-11-17(30)13-21-23(19)27(7,8)15-29(21)16-28(9,10)24-20(26(4,5)6)12-18(31)14-22(24)29/h11-14,30-31H,15-16H2,1-10H3. The Morgan fingerprint density at radius 3 is 1.23 bits per heavy atom. The summed E-state index contributed by atoms with van der Waals surface area (Å²) in [4.78, 5) is 0. The minimum Gasteiger partial charge on any atom is -0.508 e. The molecule has 0 heterocycles. The molecule has 31 heavy (non-hydrogen) atoms. The molecular weight excluding hydrogens is 380 g/mol. The van der Waals surface area contributed by atoms with Gasteiger partial charge in [-0.15, -0.1) is 0 Å². The molecule has 4 rings (SSSR count). The second-order valence-corrected chi connectivity index (χ2v) is 13.5. The van der Waals surface area contributed by atoms with Gasteiger partial charge in [0.15, 0.2) is 0 Å². The molecule has 0 unspecified atom stereocenters. The summed E-state index contributed by atoms with van der Waals surface area (Å²) in [6.45, 7) is 22.8. The average Bonchev–Trinajstić information content (AvgIpc) is 2.91. The van der Waals surface area contributed by atoms with Gasteiger partial charge >= 0.3 is 0 Å². The van der Waals surface area contributed by atoms with E-state index in [9.17, 15) is 10.2 Å². The number of benzene rings is 2. The molecule has 168 valence electrons. The van der Waals surface area contributed by atoms with E-state index in [-0.39, 0.29) is 27.1 Å². The van der Waals surface area contributed by atoms with Crippen molar-refractivity contribution in [2.75, 3.05) is 0 Å². The van der Waals surface area contributed by atoms with Crippen molar-refractivity contribution >= 4 is 0 Å². The summed E-state index contributed by atoms with van der Waals surface area (Å²) in [5.74, 6) is 0.700. The van der Waals surface area contributed by atoms with Crippen LogP contribution in [0.25, 0.3) is 0 Å². The van der Waals surface area contributed by atoms with E-state index in [0.29, 0.717) is 11.5 Å². The van der Waals surface area contributed by atoms with Crippen molar-refractivity contribution in [3.05, 3.63) is 57.6 Å². The molecule has 2 aliphatic carbocycles. The third-order valence-electron chi connectivity index (χ3n) is 7.73. The van der Waals surface area contributed by atoms with Crippen LogP contribution in [0.4, 0.5) is 0 Å². The third-order valence-corrected chi connectivity index (χ3v) is 7.73. The van der Waals surface area contributed by atoms with E-state index < -0.39 is 0 Å². The van der Waals surface area contributed by atoms with Gasteiger partial charge in [-0.05, 0) is 92.1 Å². The molecule has 0 atom stereocenters. The Labute approximate surface area is 188 Å². The van der Waals surface area contributed by atoms with Crippen molar-refractivity contribution in [3.8, 4) is 11.5 Å². The maximum Gasteiger partial charge on any atom is 0.116 e. The predicted molar refractivity (Wildman–Crippen MR) is 130 cm³/mol. The van der Waals surface area contributed by atoms with Crippen molar-refractivity contribution in [2.24, 2.45) is 0 Å². The fourth-order valence-electron chi connectivity index (χ4n) is 6.92. The highest BCUT2D eigenvalue weighted by molar-refractivity contribution is 5.66. The number of rotatable bonds is 0. The Balaban J connectivity index is 2.14. The smallest absolute Gasteiger partial charge is 0.116 e. The van der Waals surface area contributed by atoms with Crippen LogP contribution in [0.1, 0.15) is 115 Å². The zero-order chi connectivity index (χ0) is 23.4. The van der Waals surface area contributed by atoms with E-state index in [2.05, 4.69) is 69.2 Å². The van der Waals surface area contributed by atoms with Crippen molar-refractivity contribution < 1.29 is 10.2 Å². The monoisotopic (exact) mass is 420 g/mol. The fourth-order valence-corrected chi connectivity index (χ4v) is 6.92. The van der Waals surface area contributed by atoms with Gasteiger partial charge in [0.05, 0.1) is 0 Å². The topological polar surface area (TPSA) is 40.5 Å². The first-order valence-corrected chi connectivity index (χ1v) is 11.7. The number of hydrogen-bond donors (Lipinski definition) is 2. The molecule has 2 aliphatic rings. The Morgan fingerprint density at radius 2 is 0.935 bits per heavy atom. The fraction of sp³-hybridized carbons (Fsp3) is 0.586. The van der Waals surface area contributed by atoms with Gasteiger partial charge in [-0.2, -0.15) is 0 Å². The SMILES string of the molecule is CC(C)(C)c1cc(O)cc2c1C(C)(C)CC21CC(C)(C)c2c(C(C)(C)C)cc(O)cc21. The molecule has 0 saturated heterocycles. The highest BCUT2D eigenvalue weighted by atomic mass is 16.3. The zero-order valence-electron chi connectivity index (χ0n) is 21.1. The van der Waals surface area contributed by atoms with Crippen LogP contribution in [0, 0.1) is 0 Å². The molecular formula is C29H40O2. The molecule has 1 spiro atoms. The Morgan fingerprint density at radius 1 is 0.613 bits per heavy atom. The summed E-state index contributed by atoms with van der Waals surface area (Å²) in [5, 5.41) is 21.6. The van der Waals surface area contributed by atoms with Crippen molar-refractivity contribution in [2.45, 2.75) is 109 Å². The molecule has 2 aromatic carbocycles. The first-order chi connectivity index (χ1) is 13.9. The van der Waals surface area contributed by atoms with E-state index in [1.807, 2.05) is 24.3 Å². The van der Waals surface area contributed by atoms with Gasteiger partial charge in [0.25, 0.3) is 0 Å². The van der Waals surface area contributed by atoms with Gasteiger partial charge in [-0.1, -0.05) is 69.2 Å². The Bertz CT molecular complexity index is 984. The van der Waals surface area contributed by atoms with Crippen LogP contribution in [0.3, 0.4) is 0 Å². The number of fused-ring (bicyclic) bond motifs is 4. The third kappa shape index (κ3) is 3.12. The van der Waals surface area contributed by atoms with E-state index in [4.69, 9.17) is 0 Å². The summed E-state index contributed by atoms with van der Waals surface area (Å²) in [6.07, 6.45) is 1.98. The normalized spacial score (nSPS) is 20.7. The second kappa shape index (κ2) is 6.09. The molecule has 0 aliphatic heterocycles. The number of aromatic hydroxyl groups is 2. The molecule has 0 saturated carbocycles. The molecule has 2 heteroatoms. The minimum atomic E-state index is -0.199. The first kappa shape index (κ1) is 22.2. The zero-order valence-corrected chi connectivity index (χ0v) is 21.1. The summed E-state index contributed by atoms with van der Waals surface area (Å²) >= 11 is 0. The van der Waals surface area contributed by atoms with Crippen LogP contribution in [-0.2, 0) is 27.1 Å². The second-order valence-electron chi connectivity index (χ2n) is 13.5. The van der Waals surface area contributed by atoms with Crippen molar-refractivity contribution in [1.82, 2.24) is 0 Å². The molecule has 2 aromatic rings. The van der Waals surface area contributed by atoms with Crippen LogP contribution < -0.4 is 0 Å². The largest absolute Gasteiger partial charge is 0.508 e. The lowest BCUT2D eigenvalue weighted by Gasteiger charge is -2.30. The first-order valence-electron chi connectivity index (χ1n) is 11.7. The molecule has 2 nitrogen and oxygen atoms in total. The van der Waals surface area contributed by atoms with Crippen LogP contribution in [0.5, 0.6) is 11.5 Å². The van der Waals surface area contributed by atoms with Crippen molar-refractivity contribution in [1.29, 1.82) is 0 Å². The van der Waals surface area contributed by atoms with Crippen LogP contribution in [0.2, 0.25) is 0 Å². The highest BCUT2D eigenvalue weighted by Crippen LogP contribution is 2.65. The maximum atomic E-state index is 10.8. The van der Waals surface area contributed by atoms with Gasteiger partial charge in [-0.3, -0.25) is 0 Å². The summed E-state index contributed by atoms with van der Waals surface area (Å²) in [7, 11) is 0. The number of phenols is 2. The molecule has 0 radical (unpaired) electrons. The quantitative estimate of drug-likeness (QED) is 0.468. The van der Waals surface area contributed by atoms with Crippen LogP contribution in [-0.4, -0.2) is 10.2 Å². The number of phenolic OH excluding ortho intramolecular Hbond substituents is 2. The summed E-state index contributed by atoms with van der Waals surface area (Å²) < 4.78 is 0. The minimum absolute atomic E-state index is 0.0172. The van der Waals surface area contributed by atoms with Gasteiger partial charge in [-0.25, -0.2) is 0 Å².